The van der Waals surface area contributed by atoms with E-state index in [1.54, 1.807) is 18.2 Å². The molecule has 1 aromatic heterocycles. The maximum absolute atomic E-state index is 13.5. The van der Waals surface area contributed by atoms with E-state index < -0.39 is 15.7 Å². The van der Waals surface area contributed by atoms with Crippen LogP contribution in [-0.4, -0.2) is 29.5 Å². The molecule has 0 saturated carbocycles. The molecule has 0 atom stereocenters. The van der Waals surface area contributed by atoms with Gasteiger partial charge in [0.15, 0.2) is 9.84 Å². The van der Waals surface area contributed by atoms with Crippen LogP contribution < -0.4 is 0 Å². The average molecular weight is 391 g/mol. The van der Waals surface area contributed by atoms with E-state index in [4.69, 9.17) is 0 Å². The van der Waals surface area contributed by atoms with Gasteiger partial charge in [-0.2, -0.15) is 0 Å². The van der Waals surface area contributed by atoms with Crippen LogP contribution in [0.15, 0.2) is 41.3 Å². The van der Waals surface area contributed by atoms with E-state index in [1.165, 1.54) is 18.2 Å². The van der Waals surface area contributed by atoms with Crippen LogP contribution in [0, 0.1) is 5.82 Å². The quantitative estimate of drug-likeness (QED) is 0.675. The highest BCUT2D eigenvalue weighted by molar-refractivity contribution is 7.90. The molecule has 0 aliphatic carbocycles. The number of hydrogen-bond acceptors (Lipinski definition) is 4. The molecule has 144 valence electrons. The van der Waals surface area contributed by atoms with E-state index in [0.29, 0.717) is 23.0 Å². The number of aryl methyl sites for hydroxylation is 1. The van der Waals surface area contributed by atoms with E-state index in [2.05, 4.69) is 0 Å². The molecule has 0 spiro atoms. The number of phenolic OH excluding ortho intramolecular Hbond substituents is 1. The molecule has 0 aliphatic heterocycles. The highest BCUT2D eigenvalue weighted by Gasteiger charge is 2.20. The molecule has 7 heteroatoms. The lowest BCUT2D eigenvalue weighted by molar-refractivity contribution is 0.279. The number of fused-ring (bicyclic) bond motifs is 1. The van der Waals surface area contributed by atoms with Crippen molar-refractivity contribution < 1.29 is 23.0 Å². The van der Waals surface area contributed by atoms with Gasteiger partial charge in [-0.25, -0.2) is 12.8 Å². The zero-order valence-electron chi connectivity index (χ0n) is 15.2. The molecule has 0 bridgehead atoms. The van der Waals surface area contributed by atoms with Gasteiger partial charge in [-0.05, 0) is 47.9 Å². The van der Waals surface area contributed by atoms with Crippen molar-refractivity contribution in [2.24, 2.45) is 0 Å². The van der Waals surface area contributed by atoms with Crippen molar-refractivity contribution in [3.05, 3.63) is 59.0 Å². The van der Waals surface area contributed by atoms with Crippen molar-refractivity contribution >= 4 is 20.7 Å². The number of aliphatic hydroxyl groups is 1. The van der Waals surface area contributed by atoms with Gasteiger partial charge in [0.05, 0.1) is 12.1 Å². The summed E-state index contributed by atoms with van der Waals surface area (Å²) in [5.74, 6) is -0.669. The van der Waals surface area contributed by atoms with Crippen LogP contribution in [0.3, 0.4) is 0 Å². The van der Waals surface area contributed by atoms with Gasteiger partial charge in [-0.3, -0.25) is 0 Å². The largest absolute Gasteiger partial charge is 0.506 e. The van der Waals surface area contributed by atoms with Crippen LogP contribution in [0.2, 0.25) is 0 Å². The summed E-state index contributed by atoms with van der Waals surface area (Å²) in [6.07, 6.45) is 2.66. The molecule has 0 amide bonds. The summed E-state index contributed by atoms with van der Waals surface area (Å²) in [6.45, 7) is 2.13. The SMILES string of the molecule is CCCc1cc2c(O)c(S(C)(=O)=O)ccc2n1Cc1ccc(F)cc1CO. The normalized spacial score (nSPS) is 12.0. The van der Waals surface area contributed by atoms with Crippen LogP contribution in [0.5, 0.6) is 5.75 Å². The first-order chi connectivity index (χ1) is 12.8. The fourth-order valence-electron chi connectivity index (χ4n) is 3.37. The fourth-order valence-corrected chi connectivity index (χ4v) is 4.15. The second-order valence-corrected chi connectivity index (χ2v) is 8.64. The monoisotopic (exact) mass is 391 g/mol. The first-order valence-electron chi connectivity index (χ1n) is 8.68. The van der Waals surface area contributed by atoms with Crippen molar-refractivity contribution in [3.8, 4) is 5.75 Å². The second kappa shape index (κ2) is 7.32. The lowest BCUT2D eigenvalue weighted by Crippen LogP contribution is -2.07. The Labute approximate surface area is 157 Å². The summed E-state index contributed by atoms with van der Waals surface area (Å²) in [5.41, 5.74) is 2.88. The Morgan fingerprint density at radius 2 is 1.85 bits per heavy atom. The zero-order valence-corrected chi connectivity index (χ0v) is 16.1. The minimum Gasteiger partial charge on any atom is -0.506 e. The number of rotatable bonds is 6. The van der Waals surface area contributed by atoms with Gasteiger partial charge in [-0.15, -0.1) is 0 Å². The number of aliphatic hydroxyl groups excluding tert-OH is 1. The van der Waals surface area contributed by atoms with Crippen LogP contribution in [0.25, 0.3) is 10.9 Å². The molecule has 1 heterocycles. The number of phenols is 1. The molecule has 0 fully saturated rings. The topological polar surface area (TPSA) is 79.5 Å². The smallest absolute Gasteiger partial charge is 0.179 e. The van der Waals surface area contributed by atoms with Crippen LogP contribution in [0.1, 0.15) is 30.2 Å². The van der Waals surface area contributed by atoms with E-state index >= 15 is 0 Å². The second-order valence-electron chi connectivity index (χ2n) is 6.66. The first-order valence-corrected chi connectivity index (χ1v) is 10.6. The van der Waals surface area contributed by atoms with Gasteiger partial charge in [0, 0.05) is 23.9 Å². The minimum atomic E-state index is -3.55. The number of hydrogen-bond donors (Lipinski definition) is 2. The fraction of sp³-hybridized carbons (Fsp3) is 0.300. The van der Waals surface area contributed by atoms with E-state index in [-0.39, 0.29) is 17.3 Å². The summed E-state index contributed by atoms with van der Waals surface area (Å²) in [6, 6.07) is 9.15. The van der Waals surface area contributed by atoms with Crippen LogP contribution in [0.4, 0.5) is 4.39 Å². The van der Waals surface area contributed by atoms with Crippen molar-refractivity contribution in [1.29, 1.82) is 0 Å². The van der Waals surface area contributed by atoms with Gasteiger partial charge in [-0.1, -0.05) is 19.4 Å². The molecule has 27 heavy (non-hydrogen) atoms. The van der Waals surface area contributed by atoms with E-state index in [9.17, 15) is 23.0 Å². The number of halogens is 1. The first kappa shape index (κ1) is 19.4. The van der Waals surface area contributed by atoms with Crippen molar-refractivity contribution in [2.75, 3.05) is 6.26 Å². The third-order valence-corrected chi connectivity index (χ3v) is 5.81. The van der Waals surface area contributed by atoms with E-state index in [1.807, 2.05) is 11.5 Å². The molecule has 0 aliphatic rings. The van der Waals surface area contributed by atoms with Crippen molar-refractivity contribution in [2.45, 2.75) is 37.8 Å². The molecule has 3 aromatic rings. The standard InChI is InChI=1S/C20H22FNO4S/c1-3-4-16-10-17-18(7-8-19(20(17)24)27(2,25)26)22(16)11-13-5-6-15(21)9-14(13)12-23/h5-10,23-24H,3-4,11-12H2,1-2H3. The van der Waals surface area contributed by atoms with Crippen molar-refractivity contribution in [3.63, 3.8) is 0 Å². The molecule has 0 unspecified atom stereocenters. The third kappa shape index (κ3) is 3.70. The minimum absolute atomic E-state index is 0.104. The summed E-state index contributed by atoms with van der Waals surface area (Å²) >= 11 is 0. The highest BCUT2D eigenvalue weighted by Crippen LogP contribution is 2.35. The maximum Gasteiger partial charge on any atom is 0.179 e. The molecule has 0 radical (unpaired) electrons. The summed E-state index contributed by atoms with van der Waals surface area (Å²) < 4.78 is 39.2. The Bertz CT molecular complexity index is 1100. The lowest BCUT2D eigenvalue weighted by atomic mass is 10.1. The van der Waals surface area contributed by atoms with Crippen LogP contribution >= 0.6 is 0 Å². The Morgan fingerprint density at radius 1 is 1.11 bits per heavy atom. The number of benzene rings is 2. The molecular weight excluding hydrogens is 369 g/mol. The molecule has 0 saturated heterocycles. The Balaban J connectivity index is 2.20. The maximum atomic E-state index is 13.5. The Morgan fingerprint density at radius 3 is 2.48 bits per heavy atom. The number of nitrogens with zero attached hydrogens (tertiary/aromatic N) is 1. The third-order valence-electron chi connectivity index (χ3n) is 4.68. The Kier molecular flexibility index (Phi) is 5.26. The van der Waals surface area contributed by atoms with Gasteiger partial charge in [0.2, 0.25) is 0 Å². The summed E-state index contributed by atoms with van der Waals surface area (Å²) in [5, 5.41) is 20.5. The van der Waals surface area contributed by atoms with Crippen LogP contribution in [-0.2, 0) is 29.4 Å². The average Bonchev–Trinajstić information content (AvgIpc) is 2.94. The molecule has 2 aromatic carbocycles. The summed E-state index contributed by atoms with van der Waals surface area (Å²) in [4.78, 5) is -0.104. The molecule has 3 rings (SSSR count). The summed E-state index contributed by atoms with van der Waals surface area (Å²) in [7, 11) is -3.55. The van der Waals surface area contributed by atoms with Gasteiger partial charge < -0.3 is 14.8 Å². The van der Waals surface area contributed by atoms with Gasteiger partial charge >= 0.3 is 0 Å². The number of aromatic nitrogens is 1. The lowest BCUT2D eigenvalue weighted by Gasteiger charge is -2.14. The number of aromatic hydroxyl groups is 1. The van der Waals surface area contributed by atoms with Gasteiger partial charge in [0.1, 0.15) is 16.5 Å². The van der Waals surface area contributed by atoms with Crippen molar-refractivity contribution in [1.82, 2.24) is 4.57 Å². The molecule has 5 nitrogen and oxygen atoms in total. The molecule has 2 N–H and O–H groups in total. The van der Waals surface area contributed by atoms with Gasteiger partial charge in [0.25, 0.3) is 0 Å². The predicted octanol–water partition coefficient (Wildman–Crippen LogP) is 3.38. The highest BCUT2D eigenvalue weighted by atomic mass is 32.2. The zero-order chi connectivity index (χ0) is 19.8. The van der Waals surface area contributed by atoms with E-state index in [0.717, 1.165) is 30.4 Å². The number of sulfone groups is 1. The predicted molar refractivity (Wildman–Crippen MR) is 102 cm³/mol. The Hall–Kier alpha value is -2.38. The molecular formula is C20H22FNO4S.